The fourth-order valence-electron chi connectivity index (χ4n) is 1.07. The zero-order chi connectivity index (χ0) is 12.0. The Kier molecular flexibility index (Phi) is 5.08. The topological polar surface area (TPSA) is 69.4 Å². The molecule has 0 bridgehead atoms. The van der Waals surface area contributed by atoms with Crippen molar-refractivity contribution in [1.82, 2.24) is 0 Å². The molecule has 0 saturated carbocycles. The minimum Gasteiger partial charge on any atom is -0.493 e. The van der Waals surface area contributed by atoms with Crippen LogP contribution < -0.4 is 10.5 Å². The molecule has 6 heteroatoms. The fraction of sp³-hybridized carbons (Fsp3) is 0.400. The highest BCUT2D eigenvalue weighted by Crippen LogP contribution is 2.12. The molecule has 0 radical (unpaired) electrons. The Morgan fingerprint density at radius 3 is 2.38 bits per heavy atom. The number of ether oxygens (including phenoxy) is 1. The van der Waals surface area contributed by atoms with Crippen LogP contribution in [-0.4, -0.2) is 31.9 Å². The molecular formula is C10H14BrNO3S. The predicted molar refractivity (Wildman–Crippen MR) is 68.8 cm³/mol. The third-order valence-corrected chi connectivity index (χ3v) is 4.47. The third kappa shape index (κ3) is 4.85. The van der Waals surface area contributed by atoms with Crippen molar-refractivity contribution in [3.05, 3.63) is 24.3 Å². The van der Waals surface area contributed by atoms with Gasteiger partial charge in [-0.1, -0.05) is 15.9 Å². The molecule has 90 valence electrons. The van der Waals surface area contributed by atoms with Crippen molar-refractivity contribution in [2.75, 3.05) is 29.2 Å². The van der Waals surface area contributed by atoms with Crippen LogP contribution >= 0.6 is 15.9 Å². The van der Waals surface area contributed by atoms with E-state index in [4.69, 9.17) is 10.5 Å². The van der Waals surface area contributed by atoms with Crippen LogP contribution in [0, 0.1) is 0 Å². The van der Waals surface area contributed by atoms with Crippen LogP contribution in [0.5, 0.6) is 5.75 Å². The molecule has 1 aromatic carbocycles. The second kappa shape index (κ2) is 6.10. The van der Waals surface area contributed by atoms with E-state index in [0.717, 1.165) is 0 Å². The number of nitrogen functional groups attached to an aromatic ring is 1. The minimum atomic E-state index is -3.01. The zero-order valence-electron chi connectivity index (χ0n) is 8.73. The first-order valence-corrected chi connectivity index (χ1v) is 7.72. The normalized spacial score (nSPS) is 11.3. The number of sulfone groups is 1. The molecule has 0 saturated heterocycles. The Labute approximate surface area is 104 Å². The number of halogens is 1. The second-order valence-corrected chi connectivity index (χ2v) is 6.35. The summed E-state index contributed by atoms with van der Waals surface area (Å²) in [6.45, 7) is 0.166. The van der Waals surface area contributed by atoms with Crippen molar-refractivity contribution in [1.29, 1.82) is 0 Å². The molecule has 0 heterocycles. The van der Waals surface area contributed by atoms with E-state index in [1.165, 1.54) is 0 Å². The van der Waals surface area contributed by atoms with Gasteiger partial charge in [0.2, 0.25) is 0 Å². The Balaban J connectivity index is 2.39. The summed E-state index contributed by atoms with van der Waals surface area (Å²) >= 11 is 3.10. The third-order valence-electron chi connectivity index (χ3n) is 1.93. The lowest BCUT2D eigenvalue weighted by Gasteiger charge is -2.06. The van der Waals surface area contributed by atoms with Crippen molar-refractivity contribution in [3.63, 3.8) is 0 Å². The van der Waals surface area contributed by atoms with E-state index in [2.05, 4.69) is 15.9 Å². The standard InChI is InChI=1S/C10H14BrNO3S/c11-5-7-16(13,14)8-6-15-10-3-1-9(12)2-4-10/h1-4H,5-8,12H2. The monoisotopic (exact) mass is 307 g/mol. The number of hydrogen-bond acceptors (Lipinski definition) is 4. The van der Waals surface area contributed by atoms with Gasteiger partial charge in [-0.2, -0.15) is 0 Å². The molecule has 0 spiro atoms. The van der Waals surface area contributed by atoms with Gasteiger partial charge < -0.3 is 10.5 Å². The molecule has 0 atom stereocenters. The van der Waals surface area contributed by atoms with Crippen LogP contribution in [0.4, 0.5) is 5.69 Å². The molecule has 0 unspecified atom stereocenters. The van der Waals surface area contributed by atoms with Crippen LogP contribution in [0.3, 0.4) is 0 Å². The van der Waals surface area contributed by atoms with Gasteiger partial charge in [0.05, 0.1) is 11.5 Å². The van der Waals surface area contributed by atoms with E-state index in [0.29, 0.717) is 16.8 Å². The number of alkyl halides is 1. The van der Waals surface area contributed by atoms with Crippen LogP contribution in [-0.2, 0) is 9.84 Å². The zero-order valence-corrected chi connectivity index (χ0v) is 11.1. The van der Waals surface area contributed by atoms with Crippen molar-refractivity contribution < 1.29 is 13.2 Å². The van der Waals surface area contributed by atoms with Crippen molar-refractivity contribution in [2.24, 2.45) is 0 Å². The average molecular weight is 308 g/mol. The molecule has 2 N–H and O–H groups in total. The Hall–Kier alpha value is -0.750. The molecule has 1 rings (SSSR count). The lowest BCUT2D eigenvalue weighted by Crippen LogP contribution is -2.17. The van der Waals surface area contributed by atoms with E-state index < -0.39 is 9.84 Å². The number of hydrogen-bond donors (Lipinski definition) is 1. The summed E-state index contributed by atoms with van der Waals surface area (Å²) in [5, 5.41) is 0.456. The first-order valence-electron chi connectivity index (χ1n) is 4.78. The molecule has 0 aliphatic heterocycles. The summed E-state index contributed by atoms with van der Waals surface area (Å²) in [4.78, 5) is 0. The molecule has 0 aliphatic rings. The molecule has 0 aliphatic carbocycles. The molecule has 0 fully saturated rings. The summed E-state index contributed by atoms with van der Waals surface area (Å²) in [6.07, 6.45) is 0. The summed E-state index contributed by atoms with van der Waals surface area (Å²) in [7, 11) is -3.01. The molecule has 0 aromatic heterocycles. The summed E-state index contributed by atoms with van der Waals surface area (Å²) in [6, 6.07) is 6.85. The van der Waals surface area contributed by atoms with Gasteiger partial charge in [0.25, 0.3) is 0 Å². The van der Waals surface area contributed by atoms with Crippen LogP contribution in [0.1, 0.15) is 0 Å². The van der Waals surface area contributed by atoms with Gasteiger partial charge in [-0.05, 0) is 24.3 Å². The number of nitrogens with two attached hydrogens (primary N) is 1. The first-order chi connectivity index (χ1) is 7.53. The maximum Gasteiger partial charge on any atom is 0.154 e. The van der Waals surface area contributed by atoms with E-state index in [-0.39, 0.29) is 18.1 Å². The number of benzene rings is 1. The van der Waals surface area contributed by atoms with Crippen LogP contribution in [0.2, 0.25) is 0 Å². The minimum absolute atomic E-state index is 0.0307. The highest BCUT2D eigenvalue weighted by molar-refractivity contribution is 9.09. The maximum atomic E-state index is 11.3. The van der Waals surface area contributed by atoms with Gasteiger partial charge in [0, 0.05) is 11.0 Å². The fourth-order valence-corrected chi connectivity index (χ4v) is 3.33. The largest absolute Gasteiger partial charge is 0.493 e. The molecule has 0 amide bonds. The highest BCUT2D eigenvalue weighted by atomic mass is 79.9. The van der Waals surface area contributed by atoms with Gasteiger partial charge in [0.15, 0.2) is 9.84 Å². The lowest BCUT2D eigenvalue weighted by molar-refractivity contribution is 0.341. The molecule has 1 aromatic rings. The SMILES string of the molecule is Nc1ccc(OCCS(=O)(=O)CCBr)cc1. The van der Waals surface area contributed by atoms with Crippen molar-refractivity contribution in [2.45, 2.75) is 0 Å². The van der Waals surface area contributed by atoms with Gasteiger partial charge in [-0.15, -0.1) is 0 Å². The number of anilines is 1. The van der Waals surface area contributed by atoms with E-state index in [1.54, 1.807) is 24.3 Å². The van der Waals surface area contributed by atoms with E-state index >= 15 is 0 Å². The Bertz CT molecular complexity index is 416. The van der Waals surface area contributed by atoms with Gasteiger partial charge in [0.1, 0.15) is 12.4 Å². The maximum absolute atomic E-state index is 11.3. The summed E-state index contributed by atoms with van der Waals surface area (Å²) in [5.41, 5.74) is 6.16. The number of rotatable bonds is 6. The second-order valence-electron chi connectivity index (χ2n) is 3.26. The molecular weight excluding hydrogens is 294 g/mol. The van der Waals surface area contributed by atoms with Gasteiger partial charge in [-0.3, -0.25) is 0 Å². The summed E-state index contributed by atoms with van der Waals surface area (Å²) < 4.78 is 28.0. The Morgan fingerprint density at radius 1 is 1.19 bits per heavy atom. The quantitative estimate of drug-likeness (QED) is 0.638. The highest BCUT2D eigenvalue weighted by Gasteiger charge is 2.09. The Morgan fingerprint density at radius 2 is 1.81 bits per heavy atom. The van der Waals surface area contributed by atoms with Crippen LogP contribution in [0.15, 0.2) is 24.3 Å². The van der Waals surface area contributed by atoms with Crippen LogP contribution in [0.25, 0.3) is 0 Å². The van der Waals surface area contributed by atoms with Gasteiger partial charge in [-0.25, -0.2) is 8.42 Å². The lowest BCUT2D eigenvalue weighted by atomic mass is 10.3. The van der Waals surface area contributed by atoms with E-state index in [1.807, 2.05) is 0 Å². The smallest absolute Gasteiger partial charge is 0.154 e. The summed E-state index contributed by atoms with van der Waals surface area (Å²) in [5.74, 6) is 0.796. The molecule has 16 heavy (non-hydrogen) atoms. The van der Waals surface area contributed by atoms with Crippen molar-refractivity contribution >= 4 is 31.5 Å². The van der Waals surface area contributed by atoms with E-state index in [9.17, 15) is 8.42 Å². The molecule has 4 nitrogen and oxygen atoms in total. The predicted octanol–water partition coefficient (Wildman–Crippen LogP) is 1.46. The average Bonchev–Trinajstić information content (AvgIpc) is 2.20. The van der Waals surface area contributed by atoms with Gasteiger partial charge >= 0.3 is 0 Å². The first kappa shape index (κ1) is 13.3. The van der Waals surface area contributed by atoms with Crippen molar-refractivity contribution in [3.8, 4) is 5.75 Å².